The predicted molar refractivity (Wildman–Crippen MR) is 178 cm³/mol. The van der Waals surface area contributed by atoms with E-state index in [1.54, 1.807) is 0 Å². The zero-order valence-corrected chi connectivity index (χ0v) is 23.2. The molecule has 9 aromatic rings. The Kier molecular flexibility index (Phi) is 4.90. The average Bonchev–Trinajstić information content (AvgIpc) is 3.56. The van der Waals surface area contributed by atoms with Gasteiger partial charge in [0.1, 0.15) is 0 Å². The minimum absolute atomic E-state index is 0.874. The first kappa shape index (κ1) is 22.9. The molecule has 0 bridgehead atoms. The number of rotatable bonds is 3. The van der Waals surface area contributed by atoms with Gasteiger partial charge in [-0.1, -0.05) is 109 Å². The van der Waals surface area contributed by atoms with Crippen molar-refractivity contribution < 1.29 is 0 Å². The highest BCUT2D eigenvalue weighted by Crippen LogP contribution is 2.44. The number of thiophene rings is 1. The van der Waals surface area contributed by atoms with Crippen molar-refractivity contribution in [3.8, 4) is 5.69 Å². The van der Waals surface area contributed by atoms with Gasteiger partial charge in [-0.05, 0) is 69.4 Å². The van der Waals surface area contributed by atoms with Gasteiger partial charge in [-0.25, -0.2) is 0 Å². The van der Waals surface area contributed by atoms with Crippen molar-refractivity contribution in [1.82, 2.24) is 4.57 Å². The van der Waals surface area contributed by atoms with Crippen molar-refractivity contribution in [1.29, 1.82) is 0 Å². The molecule has 0 aliphatic heterocycles. The first-order valence-electron chi connectivity index (χ1n) is 14.2. The molecule has 0 N–H and O–H groups in total. The molecule has 9 rings (SSSR count). The quantitative estimate of drug-likeness (QED) is 0.210. The predicted octanol–water partition coefficient (Wildman–Crippen LogP) is 11.0. The Labute approximate surface area is 241 Å². The summed E-state index contributed by atoms with van der Waals surface area (Å²) in [5.74, 6) is 0. The van der Waals surface area contributed by atoms with Gasteiger partial charge in [-0.3, -0.25) is 0 Å². The van der Waals surface area contributed by atoms with Gasteiger partial charge in [0.05, 0.1) is 16.7 Å². The van der Waals surface area contributed by atoms with Gasteiger partial charge in [0.2, 0.25) is 0 Å². The van der Waals surface area contributed by atoms with Crippen LogP contribution in [0.25, 0.3) is 69.2 Å². The van der Waals surface area contributed by atoms with E-state index in [0.717, 1.165) is 6.42 Å². The van der Waals surface area contributed by atoms with Crippen molar-refractivity contribution in [2.45, 2.75) is 6.42 Å². The third-order valence-electron chi connectivity index (χ3n) is 8.58. The second kappa shape index (κ2) is 8.79. The van der Waals surface area contributed by atoms with Crippen molar-refractivity contribution in [3.05, 3.63) is 151 Å². The first-order chi connectivity index (χ1) is 20.3. The van der Waals surface area contributed by atoms with E-state index in [0.29, 0.717) is 0 Å². The van der Waals surface area contributed by atoms with Crippen LogP contribution in [-0.4, -0.2) is 4.57 Å². The standard InChI is InChI=1S/C39H25NS/c1-2-10-25(11-3-1)22-29-19-21-36-38(31-16-8-9-17-35(31)41-36)39(29)40-33-20-18-26-12-6-7-15-30(26)37(33)32-23-27-13-4-5-14-28(27)24-34(32)40/h1-21,23-24H,22H2. The highest BCUT2D eigenvalue weighted by Gasteiger charge is 2.21. The molecular weight excluding hydrogens is 515 g/mol. The number of fused-ring (bicyclic) bond motifs is 9. The van der Waals surface area contributed by atoms with Crippen LogP contribution in [0, 0.1) is 0 Å². The second-order valence-electron chi connectivity index (χ2n) is 10.9. The van der Waals surface area contributed by atoms with E-state index in [2.05, 4.69) is 144 Å². The number of hydrogen-bond acceptors (Lipinski definition) is 1. The molecule has 0 aliphatic rings. The molecule has 0 atom stereocenters. The lowest BCUT2D eigenvalue weighted by atomic mass is 9.99. The molecule has 2 heteroatoms. The van der Waals surface area contributed by atoms with Gasteiger partial charge >= 0.3 is 0 Å². The Morgan fingerprint density at radius 2 is 1.17 bits per heavy atom. The smallest absolute Gasteiger partial charge is 0.0590 e. The lowest BCUT2D eigenvalue weighted by Gasteiger charge is -2.17. The Morgan fingerprint density at radius 3 is 2.02 bits per heavy atom. The number of nitrogens with zero attached hydrogens (tertiary/aromatic N) is 1. The van der Waals surface area contributed by atoms with Gasteiger partial charge in [0.15, 0.2) is 0 Å². The molecule has 0 saturated carbocycles. The van der Waals surface area contributed by atoms with Crippen molar-refractivity contribution in [3.63, 3.8) is 0 Å². The van der Waals surface area contributed by atoms with Crippen LogP contribution in [0.2, 0.25) is 0 Å². The third kappa shape index (κ3) is 3.41. The normalized spacial score (nSPS) is 12.0. The highest BCUT2D eigenvalue weighted by atomic mass is 32.1. The summed E-state index contributed by atoms with van der Waals surface area (Å²) in [6.45, 7) is 0. The van der Waals surface area contributed by atoms with Crippen LogP contribution in [-0.2, 0) is 6.42 Å². The number of hydrogen-bond donors (Lipinski definition) is 0. The zero-order valence-electron chi connectivity index (χ0n) is 22.3. The van der Waals surface area contributed by atoms with E-state index < -0.39 is 0 Å². The average molecular weight is 540 g/mol. The molecule has 0 unspecified atom stereocenters. The summed E-state index contributed by atoms with van der Waals surface area (Å²) in [6, 6.07) is 51.4. The van der Waals surface area contributed by atoms with Crippen molar-refractivity contribution in [2.24, 2.45) is 0 Å². The third-order valence-corrected chi connectivity index (χ3v) is 9.72. The first-order valence-corrected chi connectivity index (χ1v) is 15.0. The fraction of sp³-hybridized carbons (Fsp3) is 0.0256. The summed E-state index contributed by atoms with van der Waals surface area (Å²) in [7, 11) is 0. The highest BCUT2D eigenvalue weighted by molar-refractivity contribution is 7.25. The van der Waals surface area contributed by atoms with E-state index in [-0.39, 0.29) is 0 Å². The fourth-order valence-electron chi connectivity index (χ4n) is 6.77. The SMILES string of the molecule is c1ccc(Cc2ccc3sc4ccccc4c3c2-n2c3cc4ccccc4cc3c3c4ccccc4ccc32)cc1. The molecule has 41 heavy (non-hydrogen) atoms. The van der Waals surface area contributed by atoms with Crippen LogP contribution in [0.5, 0.6) is 0 Å². The number of aromatic nitrogens is 1. The summed E-state index contributed by atoms with van der Waals surface area (Å²) >= 11 is 1.89. The molecule has 7 aromatic carbocycles. The largest absolute Gasteiger partial charge is 0.308 e. The molecule has 2 heterocycles. The molecule has 0 amide bonds. The fourth-order valence-corrected chi connectivity index (χ4v) is 7.88. The molecule has 0 saturated heterocycles. The second-order valence-corrected chi connectivity index (χ2v) is 12.0. The van der Waals surface area contributed by atoms with Crippen molar-refractivity contribution in [2.75, 3.05) is 0 Å². The maximum Gasteiger partial charge on any atom is 0.0590 e. The minimum Gasteiger partial charge on any atom is -0.308 e. The summed E-state index contributed by atoms with van der Waals surface area (Å²) < 4.78 is 5.23. The van der Waals surface area contributed by atoms with Crippen LogP contribution in [0.3, 0.4) is 0 Å². The van der Waals surface area contributed by atoms with Crippen LogP contribution < -0.4 is 0 Å². The Balaban J connectivity index is 1.51. The summed E-state index contributed by atoms with van der Waals surface area (Å²) in [4.78, 5) is 0. The lowest BCUT2D eigenvalue weighted by Crippen LogP contribution is -2.02. The number of benzene rings is 7. The van der Waals surface area contributed by atoms with Gasteiger partial charge < -0.3 is 4.57 Å². The Morgan fingerprint density at radius 1 is 0.463 bits per heavy atom. The summed E-state index contributed by atoms with van der Waals surface area (Å²) in [6.07, 6.45) is 0.874. The van der Waals surface area contributed by atoms with Gasteiger partial charge in [-0.2, -0.15) is 0 Å². The van der Waals surface area contributed by atoms with Crippen LogP contribution >= 0.6 is 11.3 Å². The monoisotopic (exact) mass is 539 g/mol. The molecule has 0 aliphatic carbocycles. The summed E-state index contributed by atoms with van der Waals surface area (Å²) in [5, 5.41) is 10.4. The van der Waals surface area contributed by atoms with E-state index in [1.165, 1.54) is 80.3 Å². The zero-order chi connectivity index (χ0) is 26.9. The molecule has 0 fully saturated rings. The van der Waals surface area contributed by atoms with Gasteiger partial charge in [0.25, 0.3) is 0 Å². The maximum atomic E-state index is 2.57. The lowest BCUT2D eigenvalue weighted by molar-refractivity contribution is 1.11. The molecule has 192 valence electrons. The Bertz CT molecular complexity index is 2440. The topological polar surface area (TPSA) is 4.93 Å². The van der Waals surface area contributed by atoms with E-state index >= 15 is 0 Å². The van der Waals surface area contributed by atoms with Gasteiger partial charge in [-0.15, -0.1) is 11.3 Å². The molecule has 2 aromatic heterocycles. The summed E-state index contributed by atoms with van der Waals surface area (Å²) in [5.41, 5.74) is 6.48. The Hall–Kier alpha value is -4.92. The van der Waals surface area contributed by atoms with E-state index in [4.69, 9.17) is 0 Å². The maximum absolute atomic E-state index is 2.57. The van der Waals surface area contributed by atoms with E-state index in [1.807, 2.05) is 11.3 Å². The van der Waals surface area contributed by atoms with E-state index in [9.17, 15) is 0 Å². The van der Waals surface area contributed by atoms with Crippen LogP contribution in [0.15, 0.2) is 140 Å². The van der Waals surface area contributed by atoms with Crippen LogP contribution in [0.1, 0.15) is 11.1 Å². The molecule has 1 nitrogen and oxygen atoms in total. The van der Waals surface area contributed by atoms with Gasteiger partial charge in [0, 0.05) is 30.9 Å². The van der Waals surface area contributed by atoms with Crippen LogP contribution in [0.4, 0.5) is 0 Å². The minimum atomic E-state index is 0.874. The van der Waals surface area contributed by atoms with Crippen molar-refractivity contribution >= 4 is 74.9 Å². The molecular formula is C39H25NS. The molecule has 0 radical (unpaired) electrons. The molecule has 0 spiro atoms.